The lowest BCUT2D eigenvalue weighted by atomic mass is 10.2. The zero-order valence-corrected chi connectivity index (χ0v) is 12.9. The van der Waals surface area contributed by atoms with Crippen LogP contribution in [-0.2, 0) is 9.53 Å². The summed E-state index contributed by atoms with van der Waals surface area (Å²) in [6.45, 7) is 9.19. The molecule has 1 atom stereocenters. The van der Waals surface area contributed by atoms with Gasteiger partial charge in [-0.2, -0.15) is 0 Å². The summed E-state index contributed by atoms with van der Waals surface area (Å²) in [5.74, 6) is -0.0548. The fraction of sp³-hybridized carbons (Fsp3) is 0.533. The van der Waals surface area contributed by atoms with Crippen molar-refractivity contribution in [3.63, 3.8) is 0 Å². The first-order valence-electron chi connectivity index (χ1n) is 6.73. The molecule has 0 aliphatic rings. The highest BCUT2D eigenvalue weighted by Crippen LogP contribution is 2.29. The molecule has 0 bridgehead atoms. The second kappa shape index (κ2) is 6.74. The van der Waals surface area contributed by atoms with E-state index in [1.54, 1.807) is 0 Å². The largest absolute Gasteiger partial charge is 0.466 e. The van der Waals surface area contributed by atoms with E-state index in [1.165, 1.54) is 5.19 Å². The number of hydrogen-bond acceptors (Lipinski definition) is 2. The second-order valence-corrected chi connectivity index (χ2v) is 10.0. The Kier molecular flexibility index (Phi) is 5.60. The van der Waals surface area contributed by atoms with E-state index in [1.807, 2.05) is 13.0 Å². The van der Waals surface area contributed by atoms with Crippen LogP contribution in [0.3, 0.4) is 0 Å². The van der Waals surface area contributed by atoms with Gasteiger partial charge in [-0.25, -0.2) is 0 Å². The number of ether oxygens (including phenoxy) is 1. The van der Waals surface area contributed by atoms with Crippen molar-refractivity contribution in [1.29, 1.82) is 0 Å². The number of benzene rings is 1. The first-order chi connectivity index (χ1) is 8.52. The average molecular weight is 264 g/mol. The summed E-state index contributed by atoms with van der Waals surface area (Å²) >= 11 is 0. The number of carbonyl (C=O) groups is 1. The normalized spacial score (nSPS) is 13.1. The van der Waals surface area contributed by atoms with E-state index in [2.05, 4.69) is 44.3 Å². The summed E-state index contributed by atoms with van der Waals surface area (Å²) in [6.07, 6.45) is 1.59. The third kappa shape index (κ3) is 3.70. The van der Waals surface area contributed by atoms with Gasteiger partial charge in [-0.3, -0.25) is 4.79 Å². The molecule has 100 valence electrons. The summed E-state index contributed by atoms with van der Waals surface area (Å²) in [5, 5.41) is 1.42. The maximum atomic E-state index is 11.7. The van der Waals surface area contributed by atoms with Crippen LogP contribution < -0.4 is 5.19 Å². The maximum Gasteiger partial charge on any atom is 0.305 e. The zero-order chi connectivity index (χ0) is 13.6. The SMILES string of the molecule is CCOC(=O)C[C@H](CC)[Si](C)(C)c1ccccc1. The van der Waals surface area contributed by atoms with Gasteiger partial charge >= 0.3 is 5.97 Å². The molecule has 1 aromatic rings. The average Bonchev–Trinajstić information content (AvgIpc) is 2.37. The van der Waals surface area contributed by atoms with Crippen LogP contribution in [-0.4, -0.2) is 20.7 Å². The highest BCUT2D eigenvalue weighted by atomic mass is 28.3. The predicted octanol–water partition coefficient (Wildman–Crippen LogP) is 3.34. The fourth-order valence-electron chi connectivity index (χ4n) is 2.43. The molecule has 0 N–H and O–H groups in total. The summed E-state index contributed by atoms with van der Waals surface area (Å²) < 4.78 is 5.09. The zero-order valence-electron chi connectivity index (χ0n) is 11.9. The van der Waals surface area contributed by atoms with Gasteiger partial charge in [0.2, 0.25) is 0 Å². The van der Waals surface area contributed by atoms with Gasteiger partial charge in [-0.15, -0.1) is 0 Å². The molecule has 18 heavy (non-hydrogen) atoms. The van der Waals surface area contributed by atoms with Gasteiger partial charge in [0.25, 0.3) is 0 Å². The molecule has 0 fully saturated rings. The Bertz CT molecular complexity index is 373. The van der Waals surface area contributed by atoms with Crippen LogP contribution in [0.5, 0.6) is 0 Å². The smallest absolute Gasteiger partial charge is 0.305 e. The van der Waals surface area contributed by atoms with E-state index >= 15 is 0 Å². The van der Waals surface area contributed by atoms with Gasteiger partial charge < -0.3 is 4.74 Å². The molecular weight excluding hydrogens is 240 g/mol. The topological polar surface area (TPSA) is 26.3 Å². The minimum Gasteiger partial charge on any atom is -0.466 e. The van der Waals surface area contributed by atoms with Crippen molar-refractivity contribution in [2.24, 2.45) is 0 Å². The second-order valence-electron chi connectivity index (χ2n) is 5.20. The summed E-state index contributed by atoms with van der Waals surface area (Å²) in [7, 11) is -1.60. The summed E-state index contributed by atoms with van der Waals surface area (Å²) in [6, 6.07) is 10.6. The molecule has 1 aromatic carbocycles. The lowest BCUT2D eigenvalue weighted by Crippen LogP contribution is -2.46. The molecule has 0 heterocycles. The fourth-order valence-corrected chi connectivity index (χ4v) is 5.65. The monoisotopic (exact) mass is 264 g/mol. The molecule has 1 rings (SSSR count). The molecule has 0 spiro atoms. The molecule has 0 amide bonds. The van der Waals surface area contributed by atoms with Crippen LogP contribution in [0, 0.1) is 0 Å². The minimum atomic E-state index is -1.60. The van der Waals surface area contributed by atoms with Crippen molar-refractivity contribution in [3.05, 3.63) is 30.3 Å². The van der Waals surface area contributed by atoms with Gasteiger partial charge in [0, 0.05) is 6.42 Å². The lowest BCUT2D eigenvalue weighted by molar-refractivity contribution is -0.143. The van der Waals surface area contributed by atoms with E-state index < -0.39 is 8.07 Å². The van der Waals surface area contributed by atoms with Crippen molar-refractivity contribution in [1.82, 2.24) is 0 Å². The van der Waals surface area contributed by atoms with Gasteiger partial charge in [0.15, 0.2) is 0 Å². The molecule has 0 unspecified atom stereocenters. The Balaban J connectivity index is 2.83. The molecule has 3 heteroatoms. The standard InChI is InChI=1S/C15H24O2Si/c1-5-13(12-15(16)17-6-2)18(3,4)14-10-8-7-9-11-14/h7-11,13H,5-6,12H2,1-4H3/t13-/m0/s1. The Morgan fingerprint density at radius 1 is 1.22 bits per heavy atom. The van der Waals surface area contributed by atoms with Crippen molar-refractivity contribution in [2.45, 2.75) is 45.3 Å². The van der Waals surface area contributed by atoms with Crippen LogP contribution in [0.25, 0.3) is 0 Å². The molecule has 0 saturated carbocycles. The third-order valence-electron chi connectivity index (χ3n) is 3.75. The highest BCUT2D eigenvalue weighted by molar-refractivity contribution is 6.91. The molecular formula is C15H24O2Si. The van der Waals surface area contributed by atoms with E-state index in [9.17, 15) is 4.79 Å². The van der Waals surface area contributed by atoms with Gasteiger partial charge in [-0.05, 0) is 12.5 Å². The first kappa shape index (κ1) is 15.0. The van der Waals surface area contributed by atoms with Crippen LogP contribution in [0.1, 0.15) is 26.7 Å². The van der Waals surface area contributed by atoms with Crippen molar-refractivity contribution < 1.29 is 9.53 Å². The van der Waals surface area contributed by atoms with Crippen LogP contribution in [0.2, 0.25) is 18.6 Å². The van der Waals surface area contributed by atoms with E-state index in [-0.39, 0.29) is 5.97 Å². The van der Waals surface area contributed by atoms with E-state index in [0.717, 1.165) is 6.42 Å². The first-order valence-corrected chi connectivity index (χ1v) is 9.81. The highest BCUT2D eigenvalue weighted by Gasteiger charge is 2.33. The van der Waals surface area contributed by atoms with E-state index in [4.69, 9.17) is 4.74 Å². The number of esters is 1. The predicted molar refractivity (Wildman–Crippen MR) is 78.8 cm³/mol. The third-order valence-corrected chi connectivity index (χ3v) is 8.22. The Hall–Kier alpha value is -1.09. The number of rotatable bonds is 6. The molecule has 2 nitrogen and oxygen atoms in total. The quantitative estimate of drug-likeness (QED) is 0.582. The molecule has 0 aliphatic carbocycles. The van der Waals surface area contributed by atoms with Crippen LogP contribution in [0.15, 0.2) is 30.3 Å². The van der Waals surface area contributed by atoms with Gasteiger partial charge in [0.05, 0.1) is 14.7 Å². The molecule has 0 radical (unpaired) electrons. The summed E-state index contributed by atoms with van der Waals surface area (Å²) in [4.78, 5) is 11.7. The Morgan fingerprint density at radius 2 is 1.83 bits per heavy atom. The lowest BCUT2D eigenvalue weighted by Gasteiger charge is -2.31. The van der Waals surface area contributed by atoms with Crippen LogP contribution >= 0.6 is 0 Å². The number of hydrogen-bond donors (Lipinski definition) is 0. The van der Waals surface area contributed by atoms with Gasteiger partial charge in [0.1, 0.15) is 0 Å². The number of carbonyl (C=O) groups excluding carboxylic acids is 1. The van der Waals surface area contributed by atoms with Crippen molar-refractivity contribution in [2.75, 3.05) is 6.61 Å². The summed E-state index contributed by atoms with van der Waals surface area (Å²) in [5.41, 5.74) is 0.443. The van der Waals surface area contributed by atoms with Gasteiger partial charge in [-0.1, -0.05) is 62.0 Å². The van der Waals surface area contributed by atoms with E-state index in [0.29, 0.717) is 18.6 Å². The molecule has 0 saturated heterocycles. The minimum absolute atomic E-state index is 0.0548. The molecule has 0 aliphatic heterocycles. The van der Waals surface area contributed by atoms with Crippen LogP contribution in [0.4, 0.5) is 0 Å². The maximum absolute atomic E-state index is 11.7. The Morgan fingerprint density at radius 3 is 2.33 bits per heavy atom. The van der Waals surface area contributed by atoms with Crippen molar-refractivity contribution in [3.8, 4) is 0 Å². The van der Waals surface area contributed by atoms with Crippen molar-refractivity contribution >= 4 is 19.2 Å². The molecule has 0 aromatic heterocycles. The Labute approximate surface area is 111 Å².